The Balaban J connectivity index is 1.36. The first-order valence-electron chi connectivity index (χ1n) is 12.0. The Hall–Kier alpha value is -1.63. The first-order chi connectivity index (χ1) is 14.2. The highest BCUT2D eigenvalue weighted by atomic mass is 19.1. The van der Waals surface area contributed by atoms with E-state index in [-0.39, 0.29) is 5.82 Å². The van der Waals surface area contributed by atoms with E-state index < -0.39 is 0 Å². The number of hydrogen-bond donors (Lipinski definition) is 0. The fourth-order valence-electron chi connectivity index (χ4n) is 6.10. The molecule has 1 heteroatoms. The van der Waals surface area contributed by atoms with E-state index in [4.69, 9.17) is 0 Å². The normalized spacial score (nSPS) is 27.8. The topological polar surface area (TPSA) is 0 Å². The van der Waals surface area contributed by atoms with E-state index in [2.05, 4.69) is 43.8 Å². The van der Waals surface area contributed by atoms with E-state index in [9.17, 15) is 0 Å². The van der Waals surface area contributed by atoms with Gasteiger partial charge in [0.15, 0.2) is 0 Å². The molecule has 2 fully saturated rings. The van der Waals surface area contributed by atoms with Gasteiger partial charge in [-0.3, -0.25) is 0 Å². The fraction of sp³-hybridized carbons (Fsp3) is 0.571. The summed E-state index contributed by atoms with van der Waals surface area (Å²) >= 11 is 0. The molecule has 0 bridgehead atoms. The summed E-state index contributed by atoms with van der Waals surface area (Å²) in [6.45, 7) is 6.02. The zero-order valence-corrected chi connectivity index (χ0v) is 18.1. The smallest absolute Gasteiger partial charge is 0.134 e. The van der Waals surface area contributed by atoms with Gasteiger partial charge in [-0.05, 0) is 98.0 Å². The van der Waals surface area contributed by atoms with Crippen molar-refractivity contribution in [3.05, 3.63) is 59.9 Å². The van der Waals surface area contributed by atoms with Crippen LogP contribution in [0.2, 0.25) is 0 Å². The van der Waals surface area contributed by atoms with Crippen molar-refractivity contribution in [3.63, 3.8) is 0 Å². The summed E-state index contributed by atoms with van der Waals surface area (Å²) in [5.41, 5.74) is 2.25. The van der Waals surface area contributed by atoms with Crippen molar-refractivity contribution in [1.82, 2.24) is 0 Å². The first-order valence-corrected chi connectivity index (χ1v) is 12.0. The molecule has 2 saturated carbocycles. The molecule has 0 atom stereocenters. The van der Waals surface area contributed by atoms with Crippen molar-refractivity contribution in [2.75, 3.05) is 0 Å². The van der Waals surface area contributed by atoms with E-state index in [0.29, 0.717) is 5.92 Å². The van der Waals surface area contributed by atoms with Crippen LogP contribution in [-0.2, 0) is 6.42 Å². The maximum Gasteiger partial charge on any atom is 0.134 e. The van der Waals surface area contributed by atoms with Gasteiger partial charge in [-0.1, -0.05) is 56.2 Å². The molecule has 0 nitrogen and oxygen atoms in total. The molecular formula is C28H37F. The Labute approximate surface area is 176 Å². The van der Waals surface area contributed by atoms with Gasteiger partial charge in [-0.25, -0.2) is 4.39 Å². The molecule has 0 radical (unpaired) electrons. The maximum atomic E-state index is 15.3. The standard InChI is InChI=1S/C28H37F/c1-3-5-6-21-7-10-22(11-8-21)23-12-14-24(15-13-23)26-18-16-25-19-20(4-2)9-17-27(25)28(26)29/h3,9,16-19,21-24H,1,4-8,10-15H2,2H3. The van der Waals surface area contributed by atoms with Crippen molar-refractivity contribution in [2.45, 2.75) is 83.5 Å². The number of fused-ring (bicyclic) bond motifs is 1. The predicted molar refractivity (Wildman–Crippen MR) is 123 cm³/mol. The monoisotopic (exact) mass is 392 g/mol. The molecule has 2 aromatic carbocycles. The third-order valence-corrected chi connectivity index (χ3v) is 8.01. The minimum atomic E-state index is 0.0383. The Morgan fingerprint density at radius 2 is 1.62 bits per heavy atom. The quantitative estimate of drug-likeness (QED) is 0.432. The van der Waals surface area contributed by atoms with E-state index in [1.807, 2.05) is 6.07 Å². The van der Waals surface area contributed by atoms with Crippen LogP contribution in [0.25, 0.3) is 10.8 Å². The van der Waals surface area contributed by atoms with Gasteiger partial charge >= 0.3 is 0 Å². The zero-order chi connectivity index (χ0) is 20.2. The third kappa shape index (κ3) is 4.60. The highest BCUT2D eigenvalue weighted by Gasteiger charge is 2.32. The lowest BCUT2D eigenvalue weighted by Gasteiger charge is -2.38. The minimum Gasteiger partial charge on any atom is -0.206 e. The molecule has 0 spiro atoms. The average molecular weight is 393 g/mol. The number of rotatable bonds is 6. The molecule has 0 N–H and O–H groups in total. The summed E-state index contributed by atoms with van der Waals surface area (Å²) in [7, 11) is 0. The van der Waals surface area contributed by atoms with Gasteiger partial charge in [-0.2, -0.15) is 0 Å². The highest BCUT2D eigenvalue weighted by Crippen LogP contribution is 2.45. The largest absolute Gasteiger partial charge is 0.206 e. The van der Waals surface area contributed by atoms with Crippen LogP contribution in [0, 0.1) is 23.6 Å². The van der Waals surface area contributed by atoms with Gasteiger partial charge in [0.2, 0.25) is 0 Å². The SMILES string of the molecule is C=CCCC1CCC(C2CCC(c3ccc4cc(CC)ccc4c3F)CC2)CC1. The summed E-state index contributed by atoms with van der Waals surface area (Å²) in [6, 6.07) is 10.4. The number of aryl methyl sites for hydroxylation is 1. The number of halogens is 1. The molecule has 2 aliphatic rings. The molecular weight excluding hydrogens is 355 g/mol. The Bertz CT molecular complexity index is 820. The Morgan fingerprint density at radius 1 is 0.931 bits per heavy atom. The van der Waals surface area contributed by atoms with Gasteiger partial charge in [0.1, 0.15) is 5.82 Å². The lowest BCUT2D eigenvalue weighted by atomic mass is 9.68. The summed E-state index contributed by atoms with van der Waals surface area (Å²) in [6.07, 6.45) is 16.2. The van der Waals surface area contributed by atoms with Crippen molar-refractivity contribution in [3.8, 4) is 0 Å². The second-order valence-corrected chi connectivity index (χ2v) is 9.64. The second-order valence-electron chi connectivity index (χ2n) is 9.64. The molecule has 0 aromatic heterocycles. The lowest BCUT2D eigenvalue weighted by Crippen LogP contribution is -2.25. The zero-order valence-electron chi connectivity index (χ0n) is 18.1. The van der Waals surface area contributed by atoms with Crippen LogP contribution >= 0.6 is 0 Å². The molecule has 0 saturated heterocycles. The minimum absolute atomic E-state index is 0.0383. The Kier molecular flexibility index (Phi) is 6.73. The van der Waals surface area contributed by atoms with Crippen LogP contribution in [0.5, 0.6) is 0 Å². The highest BCUT2D eigenvalue weighted by molar-refractivity contribution is 5.84. The van der Waals surface area contributed by atoms with Crippen LogP contribution in [0.15, 0.2) is 43.0 Å². The number of allylic oxidation sites excluding steroid dienone is 1. The van der Waals surface area contributed by atoms with Gasteiger partial charge in [0, 0.05) is 5.39 Å². The molecule has 0 unspecified atom stereocenters. The summed E-state index contributed by atoms with van der Waals surface area (Å²) in [4.78, 5) is 0. The summed E-state index contributed by atoms with van der Waals surface area (Å²) in [5.74, 6) is 3.18. The lowest BCUT2D eigenvalue weighted by molar-refractivity contribution is 0.156. The van der Waals surface area contributed by atoms with E-state index in [1.165, 1.54) is 56.9 Å². The molecule has 156 valence electrons. The predicted octanol–water partition coefficient (Wildman–Crippen LogP) is 8.59. The molecule has 29 heavy (non-hydrogen) atoms. The molecule has 0 aliphatic heterocycles. The van der Waals surface area contributed by atoms with Gasteiger partial charge in [0.25, 0.3) is 0 Å². The van der Waals surface area contributed by atoms with Crippen molar-refractivity contribution < 1.29 is 4.39 Å². The number of hydrogen-bond acceptors (Lipinski definition) is 0. The number of benzene rings is 2. The first kappa shape index (κ1) is 20.6. The molecule has 0 amide bonds. The summed E-state index contributed by atoms with van der Waals surface area (Å²) < 4.78 is 15.3. The molecule has 2 aromatic rings. The van der Waals surface area contributed by atoms with Crippen molar-refractivity contribution in [2.24, 2.45) is 17.8 Å². The maximum absolute atomic E-state index is 15.3. The molecule has 4 rings (SSSR count). The van der Waals surface area contributed by atoms with E-state index in [0.717, 1.165) is 53.4 Å². The average Bonchev–Trinajstić information content (AvgIpc) is 2.78. The fourth-order valence-corrected chi connectivity index (χ4v) is 6.10. The van der Waals surface area contributed by atoms with Gasteiger partial charge in [0.05, 0.1) is 0 Å². The van der Waals surface area contributed by atoms with Crippen LogP contribution in [0.3, 0.4) is 0 Å². The van der Waals surface area contributed by atoms with E-state index in [1.54, 1.807) is 0 Å². The van der Waals surface area contributed by atoms with Crippen LogP contribution in [0.1, 0.15) is 88.2 Å². The second kappa shape index (κ2) is 9.45. The molecule has 2 aliphatic carbocycles. The Morgan fingerprint density at radius 3 is 2.28 bits per heavy atom. The third-order valence-electron chi connectivity index (χ3n) is 8.01. The van der Waals surface area contributed by atoms with Crippen LogP contribution in [0.4, 0.5) is 4.39 Å². The summed E-state index contributed by atoms with van der Waals surface area (Å²) in [5, 5.41) is 1.85. The van der Waals surface area contributed by atoms with Crippen LogP contribution in [-0.4, -0.2) is 0 Å². The van der Waals surface area contributed by atoms with Crippen molar-refractivity contribution >= 4 is 10.8 Å². The van der Waals surface area contributed by atoms with E-state index >= 15 is 4.39 Å². The van der Waals surface area contributed by atoms with Crippen molar-refractivity contribution in [1.29, 1.82) is 0 Å². The van der Waals surface area contributed by atoms with Gasteiger partial charge in [-0.15, -0.1) is 6.58 Å². The van der Waals surface area contributed by atoms with Crippen LogP contribution < -0.4 is 0 Å². The van der Waals surface area contributed by atoms with Gasteiger partial charge < -0.3 is 0 Å². The molecule has 0 heterocycles.